The molecule has 39 heavy (non-hydrogen) atoms. The SMILES string of the molecule is C=CC(=O)N(C)/C(=C/Nc1nc(=O)n2c3c(c(-c4ccc(F)cc4F)c(C(F)(F)F)cc13)OCC2)CS(C)=O. The van der Waals surface area contributed by atoms with Crippen molar-refractivity contribution < 1.29 is 35.7 Å². The van der Waals surface area contributed by atoms with Crippen LogP contribution in [0.5, 0.6) is 5.75 Å². The van der Waals surface area contributed by atoms with Crippen molar-refractivity contribution in [2.45, 2.75) is 12.7 Å². The number of aromatic nitrogens is 2. The van der Waals surface area contributed by atoms with Crippen molar-refractivity contribution in [3.8, 4) is 16.9 Å². The van der Waals surface area contributed by atoms with E-state index >= 15 is 0 Å². The number of likely N-dealkylation sites (N-methyl/N-ethyl adjacent to an activating group) is 1. The topological polar surface area (TPSA) is 93.5 Å². The molecule has 14 heteroatoms. The third kappa shape index (κ3) is 5.41. The molecule has 1 aliphatic rings. The average molecular weight is 569 g/mol. The molecule has 1 amide bonds. The maximum atomic E-state index is 14.8. The van der Waals surface area contributed by atoms with E-state index in [9.17, 15) is 35.8 Å². The summed E-state index contributed by atoms with van der Waals surface area (Å²) >= 11 is 0. The van der Waals surface area contributed by atoms with Gasteiger partial charge in [0.2, 0.25) is 5.91 Å². The summed E-state index contributed by atoms with van der Waals surface area (Å²) in [5, 5.41) is 2.47. The van der Waals surface area contributed by atoms with Crippen molar-refractivity contribution >= 4 is 33.4 Å². The Morgan fingerprint density at radius 3 is 2.64 bits per heavy atom. The van der Waals surface area contributed by atoms with Gasteiger partial charge in [-0.2, -0.15) is 18.2 Å². The fraction of sp³-hybridized carbons (Fsp3) is 0.240. The van der Waals surface area contributed by atoms with E-state index in [1.807, 2.05) is 0 Å². The van der Waals surface area contributed by atoms with Crippen LogP contribution < -0.4 is 15.7 Å². The number of carbonyl (C=O) groups excluding carboxylic acids is 1. The zero-order valence-electron chi connectivity index (χ0n) is 20.6. The van der Waals surface area contributed by atoms with E-state index in [4.69, 9.17) is 4.74 Å². The Labute approximate surface area is 220 Å². The molecule has 2 aromatic carbocycles. The van der Waals surface area contributed by atoms with E-state index in [-0.39, 0.29) is 41.3 Å². The summed E-state index contributed by atoms with van der Waals surface area (Å²) in [6.07, 6.45) is -1.42. The highest BCUT2D eigenvalue weighted by Crippen LogP contribution is 2.48. The largest absolute Gasteiger partial charge is 0.489 e. The minimum atomic E-state index is -5.02. The van der Waals surface area contributed by atoms with E-state index in [0.29, 0.717) is 12.1 Å². The molecule has 1 aliphatic heterocycles. The average Bonchev–Trinajstić information content (AvgIpc) is 2.87. The molecule has 0 saturated carbocycles. The van der Waals surface area contributed by atoms with Crippen molar-refractivity contribution in [2.75, 3.05) is 31.0 Å². The van der Waals surface area contributed by atoms with Gasteiger partial charge in [0.15, 0.2) is 5.75 Å². The van der Waals surface area contributed by atoms with Gasteiger partial charge >= 0.3 is 11.9 Å². The molecule has 4 rings (SSSR count). The van der Waals surface area contributed by atoms with Gasteiger partial charge in [-0.15, -0.1) is 0 Å². The maximum absolute atomic E-state index is 14.8. The number of benzene rings is 2. The van der Waals surface area contributed by atoms with E-state index in [0.717, 1.165) is 27.7 Å². The third-order valence-corrected chi connectivity index (χ3v) is 6.65. The second-order valence-corrected chi connectivity index (χ2v) is 9.92. The number of halogens is 5. The fourth-order valence-corrected chi connectivity index (χ4v) is 4.86. The molecule has 0 saturated heterocycles. The van der Waals surface area contributed by atoms with Gasteiger partial charge in [-0.05, 0) is 24.3 Å². The predicted molar refractivity (Wildman–Crippen MR) is 135 cm³/mol. The van der Waals surface area contributed by atoms with Crippen molar-refractivity contribution in [3.63, 3.8) is 0 Å². The van der Waals surface area contributed by atoms with Crippen LogP contribution in [0.3, 0.4) is 0 Å². The quantitative estimate of drug-likeness (QED) is 0.342. The van der Waals surface area contributed by atoms with E-state index in [1.54, 1.807) is 0 Å². The highest BCUT2D eigenvalue weighted by molar-refractivity contribution is 7.84. The molecule has 1 N–H and O–H groups in total. The Bertz CT molecular complexity index is 1620. The van der Waals surface area contributed by atoms with Gasteiger partial charge in [0.05, 0.1) is 23.4 Å². The number of nitrogens with one attached hydrogen (secondary N) is 1. The first-order valence-electron chi connectivity index (χ1n) is 11.3. The summed E-state index contributed by atoms with van der Waals surface area (Å²) in [7, 11) is -0.0428. The van der Waals surface area contributed by atoms with Crippen molar-refractivity contribution in [3.05, 3.63) is 76.5 Å². The molecular weight excluding hydrogens is 547 g/mol. The highest BCUT2D eigenvalue weighted by atomic mass is 32.2. The van der Waals surface area contributed by atoms with E-state index in [1.165, 1.54) is 19.5 Å². The molecule has 206 valence electrons. The smallest absolute Gasteiger partial charge is 0.417 e. The number of ether oxygens (including phenoxy) is 1. The first-order chi connectivity index (χ1) is 18.3. The monoisotopic (exact) mass is 568 g/mol. The Hall–Kier alpha value is -4.07. The van der Waals surface area contributed by atoms with E-state index in [2.05, 4.69) is 16.9 Å². The first kappa shape index (κ1) is 28.0. The van der Waals surface area contributed by atoms with Gasteiger partial charge in [0.1, 0.15) is 24.1 Å². The van der Waals surface area contributed by atoms with Crippen molar-refractivity contribution in [1.82, 2.24) is 14.5 Å². The lowest BCUT2D eigenvalue weighted by molar-refractivity contribution is -0.137. The van der Waals surface area contributed by atoms with Crippen LogP contribution in [-0.4, -0.2) is 50.2 Å². The van der Waals surface area contributed by atoms with Gasteiger partial charge in [-0.1, -0.05) is 6.58 Å². The number of carbonyl (C=O) groups is 1. The fourth-order valence-electron chi connectivity index (χ4n) is 4.16. The minimum Gasteiger partial charge on any atom is -0.489 e. The molecule has 2 heterocycles. The zero-order chi connectivity index (χ0) is 28.6. The Kier molecular flexibility index (Phi) is 7.59. The number of alkyl halides is 3. The molecule has 8 nitrogen and oxygen atoms in total. The van der Waals surface area contributed by atoms with Crippen molar-refractivity contribution in [2.24, 2.45) is 0 Å². The van der Waals surface area contributed by atoms with Crippen LogP contribution in [0.1, 0.15) is 5.56 Å². The van der Waals surface area contributed by atoms with Crippen LogP contribution in [0.2, 0.25) is 0 Å². The lowest BCUT2D eigenvalue weighted by Gasteiger charge is -2.26. The Morgan fingerprint density at radius 2 is 2.03 bits per heavy atom. The van der Waals surface area contributed by atoms with Gasteiger partial charge in [-0.3, -0.25) is 13.6 Å². The molecule has 1 unspecified atom stereocenters. The predicted octanol–water partition coefficient (Wildman–Crippen LogP) is 4.03. The number of amides is 1. The Morgan fingerprint density at radius 1 is 1.31 bits per heavy atom. The first-order valence-corrected chi connectivity index (χ1v) is 13.0. The van der Waals surface area contributed by atoms with Crippen LogP contribution in [0, 0.1) is 11.6 Å². The summed E-state index contributed by atoms with van der Waals surface area (Å²) in [4.78, 5) is 30.0. The minimum absolute atomic E-state index is 0.0429. The molecule has 3 aromatic rings. The van der Waals surface area contributed by atoms with Crippen LogP contribution in [0.25, 0.3) is 22.0 Å². The molecule has 0 radical (unpaired) electrons. The molecule has 1 aromatic heterocycles. The van der Waals surface area contributed by atoms with Gasteiger partial charge < -0.3 is 15.0 Å². The molecule has 1 atom stereocenters. The molecular formula is C25H21F5N4O4S. The van der Waals surface area contributed by atoms with Gasteiger partial charge in [-0.25, -0.2) is 13.6 Å². The summed E-state index contributed by atoms with van der Waals surface area (Å²) < 4.78 is 89.9. The number of hydrogen-bond donors (Lipinski definition) is 1. The summed E-state index contributed by atoms with van der Waals surface area (Å²) in [5.41, 5.74) is -3.30. The molecule has 0 fully saturated rings. The summed E-state index contributed by atoms with van der Waals surface area (Å²) in [6, 6.07) is 2.83. The lowest BCUT2D eigenvalue weighted by Crippen LogP contribution is -2.31. The number of hydrogen-bond acceptors (Lipinski definition) is 6. The molecule has 0 aliphatic carbocycles. The summed E-state index contributed by atoms with van der Waals surface area (Å²) in [6.45, 7) is 3.14. The van der Waals surface area contributed by atoms with Crippen molar-refractivity contribution in [1.29, 1.82) is 0 Å². The third-order valence-electron chi connectivity index (χ3n) is 5.95. The summed E-state index contributed by atoms with van der Waals surface area (Å²) in [5.74, 6) is -3.62. The molecule has 0 bridgehead atoms. The number of nitrogens with zero attached hydrogens (tertiary/aromatic N) is 3. The zero-order valence-corrected chi connectivity index (χ0v) is 21.4. The second kappa shape index (κ2) is 10.6. The van der Waals surface area contributed by atoms with Gasteiger partial charge in [0, 0.05) is 58.6 Å². The highest BCUT2D eigenvalue weighted by Gasteiger charge is 2.39. The standard InChI is InChI=1S/C25H21F5N4O4S/c1-4-19(35)33(2)14(12-39(3)37)11-31-23-16-10-17(25(28,29)30)20(15-6-5-13(26)9-18(15)27)22-21(16)34(7-8-38-22)24(36)32-23/h4-6,9-11H,1,7-8,12H2,2-3H3,(H,31,32,36)/b14-11+. The van der Waals surface area contributed by atoms with Crippen LogP contribution in [0.4, 0.5) is 27.8 Å². The van der Waals surface area contributed by atoms with E-state index < -0.39 is 62.6 Å². The van der Waals surface area contributed by atoms with Crippen LogP contribution in [-0.2, 0) is 28.3 Å². The van der Waals surface area contributed by atoms with Gasteiger partial charge in [0.25, 0.3) is 0 Å². The number of anilines is 1. The maximum Gasteiger partial charge on any atom is 0.417 e. The normalized spacial score (nSPS) is 14.1. The lowest BCUT2D eigenvalue weighted by atomic mass is 9.94. The second-order valence-electron chi connectivity index (χ2n) is 8.49. The van der Waals surface area contributed by atoms with Crippen LogP contribution >= 0.6 is 0 Å². The molecule has 0 spiro atoms. The number of rotatable bonds is 7. The Balaban J connectivity index is 2.02. The van der Waals surface area contributed by atoms with Crippen LogP contribution in [0.15, 0.2) is 53.6 Å².